The molecule has 0 radical (unpaired) electrons. The van der Waals surface area contributed by atoms with Crippen LogP contribution in [0.1, 0.15) is 13.3 Å². The molecule has 0 bridgehead atoms. The SMILES string of the molecule is C[C@H](N)C(=O)N1C[C@H]2C[C@H]2C1C#N.S.S. The maximum absolute atomic E-state index is 11.5. The molecule has 4 nitrogen and oxygen atoms in total. The number of hydrogen-bond donors (Lipinski definition) is 1. The van der Waals surface area contributed by atoms with Gasteiger partial charge < -0.3 is 10.6 Å². The quantitative estimate of drug-likeness (QED) is 0.705. The van der Waals surface area contributed by atoms with Gasteiger partial charge in [-0.3, -0.25) is 4.79 Å². The Labute approximate surface area is 104 Å². The topological polar surface area (TPSA) is 70.1 Å². The maximum atomic E-state index is 11.5. The Morgan fingerprint density at radius 1 is 1.60 bits per heavy atom. The first kappa shape index (κ1) is 14.6. The highest BCUT2D eigenvalue weighted by Crippen LogP contribution is 2.49. The van der Waals surface area contributed by atoms with Crippen LogP contribution in [0.4, 0.5) is 0 Å². The molecule has 1 aliphatic carbocycles. The van der Waals surface area contributed by atoms with E-state index in [1.807, 2.05) is 0 Å². The van der Waals surface area contributed by atoms with Crippen molar-refractivity contribution in [1.82, 2.24) is 4.90 Å². The number of hydrogen-bond acceptors (Lipinski definition) is 3. The Kier molecular flexibility index (Phi) is 4.97. The number of fused-ring (bicyclic) bond motifs is 1. The molecule has 0 aromatic carbocycles. The number of rotatable bonds is 1. The smallest absolute Gasteiger partial charge is 0.240 e. The van der Waals surface area contributed by atoms with Crippen molar-refractivity contribution in [3.8, 4) is 6.07 Å². The van der Waals surface area contributed by atoms with E-state index in [1.54, 1.807) is 11.8 Å². The summed E-state index contributed by atoms with van der Waals surface area (Å²) in [5.41, 5.74) is 5.49. The van der Waals surface area contributed by atoms with E-state index in [4.69, 9.17) is 11.0 Å². The lowest BCUT2D eigenvalue weighted by Crippen LogP contribution is -2.45. The summed E-state index contributed by atoms with van der Waals surface area (Å²) in [6, 6.07) is 1.51. The van der Waals surface area contributed by atoms with Crippen molar-refractivity contribution in [2.24, 2.45) is 17.6 Å². The van der Waals surface area contributed by atoms with Crippen LogP contribution >= 0.6 is 27.0 Å². The summed E-state index contributed by atoms with van der Waals surface area (Å²) >= 11 is 0. The number of carbonyl (C=O) groups excluding carboxylic acids is 1. The van der Waals surface area contributed by atoms with Gasteiger partial charge in [-0.25, -0.2) is 0 Å². The third-order valence-electron chi connectivity index (χ3n) is 2.95. The highest BCUT2D eigenvalue weighted by Gasteiger charge is 2.54. The highest BCUT2D eigenvalue weighted by molar-refractivity contribution is 7.59. The molecule has 1 unspecified atom stereocenters. The standard InChI is InChI=1S/C9H13N3O.2H2S/c1-5(11)9(13)12-4-6-2-7(6)8(12)3-10;;/h5-8H,2,4,11H2,1H3;2*1H2/t5-,6+,7+,8?;;/m0../s1. The van der Waals surface area contributed by atoms with Crippen LogP contribution in [-0.2, 0) is 4.79 Å². The molecule has 2 aliphatic rings. The lowest BCUT2D eigenvalue weighted by molar-refractivity contribution is -0.132. The summed E-state index contributed by atoms with van der Waals surface area (Å²) < 4.78 is 0. The molecular formula is C9H17N3OS2. The molecule has 2 N–H and O–H groups in total. The first-order chi connectivity index (χ1) is 6.15. The predicted octanol–water partition coefficient (Wildman–Crippen LogP) is -0.0703. The van der Waals surface area contributed by atoms with E-state index in [0.717, 1.165) is 13.0 Å². The van der Waals surface area contributed by atoms with E-state index in [9.17, 15) is 4.79 Å². The fourth-order valence-electron chi connectivity index (χ4n) is 2.12. The second-order valence-corrected chi connectivity index (χ2v) is 4.01. The van der Waals surface area contributed by atoms with Crippen molar-refractivity contribution in [1.29, 1.82) is 5.26 Å². The van der Waals surface area contributed by atoms with Gasteiger partial charge in [0, 0.05) is 6.54 Å². The summed E-state index contributed by atoms with van der Waals surface area (Å²) in [6.07, 6.45) is 1.11. The van der Waals surface area contributed by atoms with E-state index >= 15 is 0 Å². The van der Waals surface area contributed by atoms with Crippen LogP contribution in [0.3, 0.4) is 0 Å². The van der Waals surface area contributed by atoms with Crippen molar-refractivity contribution in [2.45, 2.75) is 25.4 Å². The summed E-state index contributed by atoms with van der Waals surface area (Å²) in [6.45, 7) is 2.41. The van der Waals surface area contributed by atoms with Gasteiger partial charge in [0.05, 0.1) is 12.1 Å². The van der Waals surface area contributed by atoms with E-state index in [-0.39, 0.29) is 38.9 Å². The molecule has 6 heteroatoms. The van der Waals surface area contributed by atoms with E-state index in [0.29, 0.717) is 11.8 Å². The van der Waals surface area contributed by atoms with Crippen molar-refractivity contribution >= 4 is 32.9 Å². The third-order valence-corrected chi connectivity index (χ3v) is 2.95. The van der Waals surface area contributed by atoms with Gasteiger partial charge in [0.25, 0.3) is 0 Å². The summed E-state index contributed by atoms with van der Waals surface area (Å²) in [5, 5.41) is 8.88. The number of amides is 1. The van der Waals surface area contributed by atoms with E-state index in [1.165, 1.54) is 0 Å². The molecule has 86 valence electrons. The minimum atomic E-state index is -0.478. The van der Waals surface area contributed by atoms with Crippen LogP contribution in [0.25, 0.3) is 0 Å². The van der Waals surface area contributed by atoms with Gasteiger partial charge in [-0.05, 0) is 25.2 Å². The minimum Gasteiger partial charge on any atom is -0.325 e. The van der Waals surface area contributed by atoms with Crippen molar-refractivity contribution in [2.75, 3.05) is 6.54 Å². The molecule has 0 spiro atoms. The second kappa shape index (κ2) is 5.10. The molecule has 0 aromatic heterocycles. The summed E-state index contributed by atoms with van der Waals surface area (Å²) in [7, 11) is 0. The third kappa shape index (κ3) is 2.41. The molecule has 1 saturated carbocycles. The average molecular weight is 247 g/mol. The van der Waals surface area contributed by atoms with Gasteiger partial charge in [0.15, 0.2) is 0 Å². The largest absolute Gasteiger partial charge is 0.325 e. The molecule has 15 heavy (non-hydrogen) atoms. The highest BCUT2D eigenvalue weighted by atomic mass is 32.1. The maximum Gasteiger partial charge on any atom is 0.240 e. The van der Waals surface area contributed by atoms with Crippen molar-refractivity contribution in [3.63, 3.8) is 0 Å². The molecule has 1 amide bonds. The number of likely N-dealkylation sites (tertiary alicyclic amines) is 1. The molecule has 2 rings (SSSR count). The van der Waals surface area contributed by atoms with E-state index < -0.39 is 6.04 Å². The van der Waals surface area contributed by atoms with Crippen LogP contribution in [0.5, 0.6) is 0 Å². The second-order valence-electron chi connectivity index (χ2n) is 4.01. The van der Waals surface area contributed by atoms with Gasteiger partial charge in [0.1, 0.15) is 6.04 Å². The van der Waals surface area contributed by atoms with Crippen molar-refractivity contribution in [3.05, 3.63) is 0 Å². The Bertz CT molecular complexity index is 290. The minimum absolute atomic E-state index is 0. The summed E-state index contributed by atoms with van der Waals surface area (Å²) in [5.74, 6) is 0.929. The van der Waals surface area contributed by atoms with Gasteiger partial charge in [-0.2, -0.15) is 32.3 Å². The monoisotopic (exact) mass is 247 g/mol. The zero-order valence-corrected chi connectivity index (χ0v) is 10.6. The normalized spacial score (nSPS) is 32.9. The Morgan fingerprint density at radius 2 is 2.20 bits per heavy atom. The number of carbonyl (C=O) groups is 1. The molecule has 1 saturated heterocycles. The van der Waals surface area contributed by atoms with Gasteiger partial charge in [-0.1, -0.05) is 0 Å². The van der Waals surface area contributed by atoms with Crippen LogP contribution in [0.2, 0.25) is 0 Å². The Hall–Kier alpha value is -0.380. The Balaban J connectivity index is 0.000000980. The van der Waals surface area contributed by atoms with Crippen LogP contribution in [-0.4, -0.2) is 29.4 Å². The van der Waals surface area contributed by atoms with Crippen molar-refractivity contribution < 1.29 is 4.79 Å². The van der Waals surface area contributed by atoms with E-state index in [2.05, 4.69) is 6.07 Å². The zero-order chi connectivity index (χ0) is 9.59. The molecule has 1 aliphatic heterocycles. The van der Waals surface area contributed by atoms with Gasteiger partial charge in [0.2, 0.25) is 5.91 Å². The lowest BCUT2D eigenvalue weighted by atomic mass is 10.2. The zero-order valence-electron chi connectivity index (χ0n) is 8.60. The lowest BCUT2D eigenvalue weighted by Gasteiger charge is -2.24. The van der Waals surface area contributed by atoms with Crippen LogP contribution in [0, 0.1) is 23.2 Å². The van der Waals surface area contributed by atoms with Gasteiger partial charge in [-0.15, -0.1) is 0 Å². The first-order valence-corrected chi connectivity index (χ1v) is 4.61. The molecular weight excluding hydrogens is 230 g/mol. The fourth-order valence-corrected chi connectivity index (χ4v) is 2.12. The van der Waals surface area contributed by atoms with Gasteiger partial charge >= 0.3 is 0 Å². The van der Waals surface area contributed by atoms with Crippen LogP contribution in [0.15, 0.2) is 0 Å². The average Bonchev–Trinajstić information content (AvgIpc) is 2.76. The number of piperidine rings is 1. The van der Waals surface area contributed by atoms with Crippen LogP contribution < -0.4 is 5.73 Å². The molecule has 1 heterocycles. The molecule has 2 fully saturated rings. The molecule has 0 aromatic rings. The number of nitriles is 1. The summed E-state index contributed by atoms with van der Waals surface area (Å²) in [4.78, 5) is 13.2. The first-order valence-electron chi connectivity index (χ1n) is 4.61. The number of nitrogens with two attached hydrogens (primary N) is 1. The molecule has 4 atom stereocenters. The Morgan fingerprint density at radius 3 is 2.67 bits per heavy atom. The predicted molar refractivity (Wildman–Crippen MR) is 67.1 cm³/mol. The number of nitrogens with zero attached hydrogens (tertiary/aromatic N) is 2. The fraction of sp³-hybridized carbons (Fsp3) is 0.778.